The number of furan rings is 1. The molecule has 2 aromatic carbocycles. The van der Waals surface area contributed by atoms with Gasteiger partial charge in [0.05, 0.1) is 6.26 Å². The van der Waals surface area contributed by atoms with Gasteiger partial charge >= 0.3 is 0 Å². The maximum Gasteiger partial charge on any atom is 0.253 e. The average molecular weight is 360 g/mol. The van der Waals surface area contributed by atoms with Gasteiger partial charge in [0.1, 0.15) is 5.76 Å². The Morgan fingerprint density at radius 3 is 2.33 bits per heavy atom. The predicted octanol–water partition coefficient (Wildman–Crippen LogP) is 3.43. The van der Waals surface area contributed by atoms with Gasteiger partial charge in [-0.05, 0) is 41.1 Å². The van der Waals surface area contributed by atoms with Gasteiger partial charge in [0.2, 0.25) is 5.91 Å². The molecular weight excluding hydrogens is 340 g/mol. The lowest BCUT2D eigenvalue weighted by atomic mass is 10.1. The summed E-state index contributed by atoms with van der Waals surface area (Å²) in [6.07, 6.45) is 4.75. The minimum Gasteiger partial charge on any atom is -0.465 e. The summed E-state index contributed by atoms with van der Waals surface area (Å²) in [5.41, 5.74) is 0.686. The molecule has 136 valence electrons. The van der Waals surface area contributed by atoms with Crippen molar-refractivity contribution in [1.82, 2.24) is 9.80 Å². The van der Waals surface area contributed by atoms with E-state index in [0.717, 1.165) is 10.8 Å². The molecule has 1 aliphatic heterocycles. The second-order valence-electron chi connectivity index (χ2n) is 6.53. The number of rotatable bonds is 3. The molecule has 0 atom stereocenters. The molecular formula is C22H20N2O3. The monoisotopic (exact) mass is 360 g/mol. The van der Waals surface area contributed by atoms with E-state index in [2.05, 4.69) is 0 Å². The highest BCUT2D eigenvalue weighted by Gasteiger charge is 2.24. The molecule has 1 aliphatic rings. The Morgan fingerprint density at radius 2 is 1.59 bits per heavy atom. The number of carbonyl (C=O) groups is 2. The molecule has 27 heavy (non-hydrogen) atoms. The molecule has 4 rings (SSSR count). The summed E-state index contributed by atoms with van der Waals surface area (Å²) < 4.78 is 5.19. The summed E-state index contributed by atoms with van der Waals surface area (Å²) >= 11 is 0. The SMILES string of the molecule is O=C(C=Cc1ccco1)N1CCN(C(=O)c2ccc3ccccc3c2)CC1. The lowest BCUT2D eigenvalue weighted by Gasteiger charge is -2.34. The van der Waals surface area contributed by atoms with Gasteiger partial charge in [0.25, 0.3) is 5.91 Å². The van der Waals surface area contributed by atoms with Crippen LogP contribution in [0.5, 0.6) is 0 Å². The maximum atomic E-state index is 12.8. The molecule has 2 heterocycles. The van der Waals surface area contributed by atoms with Gasteiger partial charge in [-0.3, -0.25) is 9.59 Å². The van der Waals surface area contributed by atoms with Gasteiger partial charge in [0.15, 0.2) is 0 Å². The van der Waals surface area contributed by atoms with Crippen LogP contribution in [-0.4, -0.2) is 47.8 Å². The Balaban J connectivity index is 1.38. The van der Waals surface area contributed by atoms with Crippen LogP contribution >= 0.6 is 0 Å². The van der Waals surface area contributed by atoms with Crippen LogP contribution in [0.2, 0.25) is 0 Å². The van der Waals surface area contributed by atoms with Crippen molar-refractivity contribution in [3.63, 3.8) is 0 Å². The highest BCUT2D eigenvalue weighted by Crippen LogP contribution is 2.18. The summed E-state index contributed by atoms with van der Waals surface area (Å²) in [5, 5.41) is 2.17. The van der Waals surface area contributed by atoms with E-state index in [1.807, 2.05) is 47.4 Å². The molecule has 2 amide bonds. The summed E-state index contributed by atoms with van der Waals surface area (Å²) in [5.74, 6) is 0.594. The van der Waals surface area contributed by atoms with Crippen molar-refractivity contribution in [2.75, 3.05) is 26.2 Å². The fourth-order valence-electron chi connectivity index (χ4n) is 3.28. The molecule has 0 N–H and O–H groups in total. The van der Waals surface area contributed by atoms with Crippen LogP contribution in [0.3, 0.4) is 0 Å². The van der Waals surface area contributed by atoms with Crippen molar-refractivity contribution < 1.29 is 14.0 Å². The first kappa shape index (κ1) is 17.1. The van der Waals surface area contributed by atoms with Gasteiger partial charge in [-0.25, -0.2) is 0 Å². The number of hydrogen-bond donors (Lipinski definition) is 0. The molecule has 0 spiro atoms. The third-order valence-electron chi connectivity index (χ3n) is 4.81. The zero-order chi connectivity index (χ0) is 18.6. The van der Waals surface area contributed by atoms with Crippen LogP contribution < -0.4 is 0 Å². The highest BCUT2D eigenvalue weighted by molar-refractivity contribution is 5.99. The normalized spacial score (nSPS) is 14.8. The van der Waals surface area contributed by atoms with Gasteiger partial charge in [-0.1, -0.05) is 30.3 Å². The molecule has 0 unspecified atom stereocenters. The quantitative estimate of drug-likeness (QED) is 0.673. The van der Waals surface area contributed by atoms with Crippen LogP contribution in [0.25, 0.3) is 16.8 Å². The van der Waals surface area contributed by atoms with Crippen LogP contribution in [0.1, 0.15) is 16.1 Å². The van der Waals surface area contributed by atoms with Crippen LogP contribution in [0.4, 0.5) is 0 Å². The molecule has 5 heteroatoms. The summed E-state index contributed by atoms with van der Waals surface area (Å²) in [6, 6.07) is 17.3. The minimum atomic E-state index is -0.0656. The molecule has 1 saturated heterocycles. The number of carbonyl (C=O) groups excluding carboxylic acids is 2. The Hall–Kier alpha value is -3.34. The second kappa shape index (κ2) is 7.50. The fourth-order valence-corrected chi connectivity index (χ4v) is 3.28. The van der Waals surface area contributed by atoms with Crippen molar-refractivity contribution in [2.24, 2.45) is 0 Å². The minimum absolute atomic E-state index is 0.0129. The molecule has 1 aromatic heterocycles. The Kier molecular flexibility index (Phi) is 4.75. The Labute approximate surface area is 157 Å². The van der Waals surface area contributed by atoms with Gasteiger partial charge in [-0.15, -0.1) is 0 Å². The van der Waals surface area contributed by atoms with Gasteiger partial charge in [0, 0.05) is 37.8 Å². The van der Waals surface area contributed by atoms with Crippen molar-refractivity contribution >= 4 is 28.7 Å². The van der Waals surface area contributed by atoms with E-state index in [1.54, 1.807) is 29.4 Å². The van der Waals surface area contributed by atoms with Gasteiger partial charge in [-0.2, -0.15) is 0 Å². The first-order chi connectivity index (χ1) is 13.2. The van der Waals surface area contributed by atoms with E-state index in [4.69, 9.17) is 4.42 Å². The maximum absolute atomic E-state index is 12.8. The zero-order valence-electron chi connectivity index (χ0n) is 14.9. The number of fused-ring (bicyclic) bond motifs is 1. The van der Waals surface area contributed by atoms with Crippen molar-refractivity contribution in [1.29, 1.82) is 0 Å². The number of piperazine rings is 1. The average Bonchev–Trinajstić information content (AvgIpc) is 3.25. The third-order valence-corrected chi connectivity index (χ3v) is 4.81. The Bertz CT molecular complexity index is 984. The van der Waals surface area contributed by atoms with Crippen molar-refractivity contribution in [3.8, 4) is 0 Å². The standard InChI is InChI=1S/C22H20N2O3/c25-21(10-9-20-6-3-15-27-20)23-11-13-24(14-12-23)22(26)19-8-7-17-4-1-2-5-18(17)16-19/h1-10,15-16H,11-14H2. The summed E-state index contributed by atoms with van der Waals surface area (Å²) in [7, 11) is 0. The van der Waals surface area contributed by atoms with Crippen LogP contribution in [0, 0.1) is 0 Å². The first-order valence-corrected chi connectivity index (χ1v) is 8.99. The lowest BCUT2D eigenvalue weighted by molar-refractivity contribution is -0.127. The smallest absolute Gasteiger partial charge is 0.253 e. The van der Waals surface area contributed by atoms with E-state index in [9.17, 15) is 9.59 Å². The van der Waals surface area contributed by atoms with E-state index in [0.29, 0.717) is 37.5 Å². The topological polar surface area (TPSA) is 53.8 Å². The van der Waals surface area contributed by atoms with E-state index in [-0.39, 0.29) is 11.8 Å². The molecule has 3 aromatic rings. The molecule has 0 bridgehead atoms. The molecule has 5 nitrogen and oxygen atoms in total. The Morgan fingerprint density at radius 1 is 0.852 bits per heavy atom. The third kappa shape index (κ3) is 3.77. The number of benzene rings is 2. The van der Waals surface area contributed by atoms with Gasteiger partial charge < -0.3 is 14.2 Å². The molecule has 0 saturated carbocycles. The molecule has 0 radical (unpaired) electrons. The largest absolute Gasteiger partial charge is 0.465 e. The van der Waals surface area contributed by atoms with E-state index >= 15 is 0 Å². The molecule has 0 aliphatic carbocycles. The summed E-state index contributed by atoms with van der Waals surface area (Å²) in [6.45, 7) is 2.12. The number of hydrogen-bond acceptors (Lipinski definition) is 3. The second-order valence-corrected chi connectivity index (χ2v) is 6.53. The predicted molar refractivity (Wildman–Crippen MR) is 104 cm³/mol. The van der Waals surface area contributed by atoms with E-state index < -0.39 is 0 Å². The van der Waals surface area contributed by atoms with Crippen LogP contribution in [0.15, 0.2) is 71.4 Å². The van der Waals surface area contributed by atoms with Crippen molar-refractivity contribution in [3.05, 3.63) is 78.3 Å². The number of amides is 2. The molecule has 1 fully saturated rings. The van der Waals surface area contributed by atoms with Crippen LogP contribution in [-0.2, 0) is 4.79 Å². The first-order valence-electron chi connectivity index (χ1n) is 8.99. The zero-order valence-corrected chi connectivity index (χ0v) is 14.9. The summed E-state index contributed by atoms with van der Waals surface area (Å²) in [4.78, 5) is 28.6. The lowest BCUT2D eigenvalue weighted by Crippen LogP contribution is -2.50. The fraction of sp³-hybridized carbons (Fsp3) is 0.182. The van der Waals surface area contributed by atoms with Crippen molar-refractivity contribution in [2.45, 2.75) is 0 Å². The number of nitrogens with zero attached hydrogens (tertiary/aromatic N) is 2. The van der Waals surface area contributed by atoms with E-state index in [1.165, 1.54) is 6.08 Å². The highest BCUT2D eigenvalue weighted by atomic mass is 16.3.